The Morgan fingerprint density at radius 1 is 1.33 bits per heavy atom. The van der Waals surface area contributed by atoms with E-state index in [0.29, 0.717) is 10.7 Å². The van der Waals surface area contributed by atoms with Crippen molar-refractivity contribution in [3.8, 4) is 0 Å². The summed E-state index contributed by atoms with van der Waals surface area (Å²) in [6.45, 7) is 2.03. The van der Waals surface area contributed by atoms with E-state index >= 15 is 0 Å². The zero-order valence-electron chi connectivity index (χ0n) is 11.8. The van der Waals surface area contributed by atoms with Crippen LogP contribution >= 0.6 is 11.6 Å². The van der Waals surface area contributed by atoms with Gasteiger partial charge in [-0.25, -0.2) is 8.42 Å². The van der Waals surface area contributed by atoms with E-state index in [1.807, 2.05) is 19.1 Å². The Balaban J connectivity index is 2.03. The third-order valence-corrected chi connectivity index (χ3v) is 3.67. The fourth-order valence-corrected chi connectivity index (χ4v) is 2.81. The van der Waals surface area contributed by atoms with Crippen LogP contribution in [-0.2, 0) is 16.4 Å². The van der Waals surface area contributed by atoms with Crippen molar-refractivity contribution >= 4 is 33.0 Å². The third-order valence-electron chi connectivity index (χ3n) is 2.76. The maximum Gasteiger partial charge on any atom is 0.229 e. The van der Waals surface area contributed by atoms with Crippen LogP contribution in [0.15, 0.2) is 41.0 Å². The van der Waals surface area contributed by atoms with E-state index in [2.05, 4.69) is 10.0 Å². The third kappa shape index (κ3) is 4.99. The van der Waals surface area contributed by atoms with E-state index in [1.165, 1.54) is 0 Å². The Bertz CT molecular complexity index is 699. The first-order chi connectivity index (χ1) is 9.83. The van der Waals surface area contributed by atoms with Crippen molar-refractivity contribution in [2.75, 3.05) is 16.3 Å². The summed E-state index contributed by atoms with van der Waals surface area (Å²) < 4.78 is 30.1. The Morgan fingerprint density at radius 3 is 2.67 bits per heavy atom. The highest BCUT2D eigenvalue weighted by Gasteiger charge is 2.09. The maximum atomic E-state index is 11.2. The van der Waals surface area contributed by atoms with Crippen LogP contribution in [0.1, 0.15) is 12.7 Å². The molecule has 2 rings (SSSR count). The summed E-state index contributed by atoms with van der Waals surface area (Å²) in [5.74, 6) is 0.900. The monoisotopic (exact) mass is 328 g/mol. The Hall–Kier alpha value is -1.66. The molecule has 1 atom stereocenters. The second-order valence-corrected chi connectivity index (χ2v) is 7.05. The van der Waals surface area contributed by atoms with Gasteiger partial charge in [0, 0.05) is 18.2 Å². The van der Waals surface area contributed by atoms with Crippen molar-refractivity contribution in [3.05, 3.63) is 47.4 Å². The average Bonchev–Trinajstić information content (AvgIpc) is 2.84. The van der Waals surface area contributed by atoms with Crippen LogP contribution in [0.4, 0.5) is 11.4 Å². The molecule has 2 N–H and O–H groups in total. The molecule has 7 heteroatoms. The summed E-state index contributed by atoms with van der Waals surface area (Å²) in [4.78, 5) is 0. The molecule has 114 valence electrons. The number of benzene rings is 1. The van der Waals surface area contributed by atoms with Crippen LogP contribution in [0.5, 0.6) is 0 Å². The van der Waals surface area contributed by atoms with Crippen LogP contribution in [-0.4, -0.2) is 20.7 Å². The predicted octanol–water partition coefficient (Wildman–Crippen LogP) is 3.35. The number of hydrogen-bond donors (Lipinski definition) is 2. The Morgan fingerprint density at radius 2 is 2.10 bits per heavy atom. The molecule has 0 aliphatic carbocycles. The zero-order valence-corrected chi connectivity index (χ0v) is 13.3. The molecule has 0 bridgehead atoms. The van der Waals surface area contributed by atoms with Crippen molar-refractivity contribution in [3.63, 3.8) is 0 Å². The standard InChI is InChI=1S/C14H17ClN2O3S/c1-10(8-12-4-3-7-20-12)16-11-5-6-14(13(15)9-11)17-21(2,18)19/h3-7,9-10,16-17H,8H2,1-2H3. The highest BCUT2D eigenvalue weighted by atomic mass is 35.5. The lowest BCUT2D eigenvalue weighted by molar-refractivity contribution is 0.498. The SMILES string of the molecule is CC(Cc1ccco1)Nc1ccc(NS(C)(=O)=O)c(Cl)c1. The number of sulfonamides is 1. The Kier molecular flexibility index (Phi) is 4.80. The lowest BCUT2D eigenvalue weighted by Gasteiger charge is -2.15. The topological polar surface area (TPSA) is 71.3 Å². The van der Waals surface area contributed by atoms with Gasteiger partial charge >= 0.3 is 0 Å². The normalized spacial score (nSPS) is 12.9. The van der Waals surface area contributed by atoms with E-state index < -0.39 is 10.0 Å². The van der Waals surface area contributed by atoms with E-state index in [9.17, 15) is 8.42 Å². The summed E-state index contributed by atoms with van der Waals surface area (Å²) in [5.41, 5.74) is 1.18. The molecule has 1 heterocycles. The lowest BCUT2D eigenvalue weighted by atomic mass is 10.2. The van der Waals surface area contributed by atoms with Crippen molar-refractivity contribution in [1.29, 1.82) is 0 Å². The number of furan rings is 1. The molecule has 0 saturated heterocycles. The van der Waals surface area contributed by atoms with Gasteiger partial charge in [-0.2, -0.15) is 0 Å². The van der Waals surface area contributed by atoms with Gasteiger partial charge in [0.05, 0.1) is 23.2 Å². The van der Waals surface area contributed by atoms with Gasteiger partial charge in [0.2, 0.25) is 10.0 Å². The average molecular weight is 329 g/mol. The summed E-state index contributed by atoms with van der Waals surface area (Å²) in [7, 11) is -3.34. The van der Waals surface area contributed by atoms with Crippen molar-refractivity contribution in [2.24, 2.45) is 0 Å². The summed E-state index contributed by atoms with van der Waals surface area (Å²) in [6, 6.07) is 9.02. The van der Waals surface area contributed by atoms with Gasteiger partial charge in [0.15, 0.2) is 0 Å². The van der Waals surface area contributed by atoms with Gasteiger partial charge in [-0.05, 0) is 37.3 Å². The van der Waals surface area contributed by atoms with E-state index in [1.54, 1.807) is 24.5 Å². The minimum atomic E-state index is -3.34. The molecule has 1 aromatic heterocycles. The molecule has 21 heavy (non-hydrogen) atoms. The van der Waals surface area contributed by atoms with Crippen molar-refractivity contribution in [2.45, 2.75) is 19.4 Å². The smallest absolute Gasteiger partial charge is 0.229 e. The molecular formula is C14H17ClN2O3S. The fraction of sp³-hybridized carbons (Fsp3) is 0.286. The van der Waals surface area contributed by atoms with Crippen LogP contribution in [0.3, 0.4) is 0 Å². The quantitative estimate of drug-likeness (QED) is 0.853. The van der Waals surface area contributed by atoms with Crippen LogP contribution < -0.4 is 10.0 Å². The summed E-state index contributed by atoms with van der Waals surface area (Å²) >= 11 is 6.08. The molecule has 1 unspecified atom stereocenters. The molecule has 0 fully saturated rings. The molecule has 0 aliphatic heterocycles. The lowest BCUT2D eigenvalue weighted by Crippen LogP contribution is -2.18. The molecule has 0 amide bonds. The maximum absolute atomic E-state index is 11.2. The van der Waals surface area contributed by atoms with Crippen molar-refractivity contribution in [1.82, 2.24) is 0 Å². The molecule has 0 spiro atoms. The van der Waals surface area contributed by atoms with E-state index in [-0.39, 0.29) is 6.04 Å². The van der Waals surface area contributed by atoms with Gasteiger partial charge in [0.25, 0.3) is 0 Å². The van der Waals surface area contributed by atoms with E-state index in [0.717, 1.165) is 24.1 Å². The highest BCUT2D eigenvalue weighted by Crippen LogP contribution is 2.26. The Labute approximate surface area is 129 Å². The van der Waals surface area contributed by atoms with Gasteiger partial charge in [0.1, 0.15) is 5.76 Å². The zero-order chi connectivity index (χ0) is 15.5. The molecule has 2 aromatic rings. The van der Waals surface area contributed by atoms with Crippen LogP contribution in [0.25, 0.3) is 0 Å². The highest BCUT2D eigenvalue weighted by molar-refractivity contribution is 7.92. The van der Waals surface area contributed by atoms with Gasteiger partial charge < -0.3 is 9.73 Å². The van der Waals surface area contributed by atoms with Gasteiger partial charge in [-0.15, -0.1) is 0 Å². The minimum absolute atomic E-state index is 0.154. The number of rotatable bonds is 6. The first-order valence-corrected chi connectivity index (χ1v) is 8.67. The summed E-state index contributed by atoms with van der Waals surface area (Å²) in [6.07, 6.45) is 3.47. The fourth-order valence-electron chi connectivity index (χ4n) is 1.95. The van der Waals surface area contributed by atoms with Gasteiger partial charge in [-0.1, -0.05) is 11.6 Å². The second kappa shape index (κ2) is 6.41. The number of halogens is 1. The number of anilines is 2. The molecule has 5 nitrogen and oxygen atoms in total. The number of hydrogen-bond acceptors (Lipinski definition) is 4. The van der Waals surface area contributed by atoms with E-state index in [4.69, 9.17) is 16.0 Å². The number of nitrogens with one attached hydrogen (secondary N) is 2. The molecular weight excluding hydrogens is 312 g/mol. The van der Waals surface area contributed by atoms with Crippen LogP contribution in [0, 0.1) is 0 Å². The molecule has 0 aliphatic rings. The van der Waals surface area contributed by atoms with Crippen LogP contribution in [0.2, 0.25) is 5.02 Å². The molecule has 1 aromatic carbocycles. The predicted molar refractivity (Wildman–Crippen MR) is 85.4 cm³/mol. The van der Waals surface area contributed by atoms with Crippen molar-refractivity contribution < 1.29 is 12.8 Å². The largest absolute Gasteiger partial charge is 0.469 e. The first kappa shape index (κ1) is 15.7. The second-order valence-electron chi connectivity index (χ2n) is 4.90. The minimum Gasteiger partial charge on any atom is -0.469 e. The summed E-state index contributed by atoms with van der Waals surface area (Å²) in [5, 5.41) is 3.63. The first-order valence-electron chi connectivity index (χ1n) is 6.40. The molecule has 0 radical (unpaired) electrons. The van der Waals surface area contributed by atoms with Gasteiger partial charge in [-0.3, -0.25) is 4.72 Å². The molecule has 0 saturated carbocycles.